The van der Waals surface area contributed by atoms with E-state index in [2.05, 4.69) is 34.1 Å². The molecule has 1 fully saturated rings. The number of ether oxygens (including phenoxy) is 1. The molecule has 11 heteroatoms. The number of halogens is 3. The fraction of sp³-hybridized carbons (Fsp3) is 0.423. The second kappa shape index (κ2) is 10.2. The van der Waals surface area contributed by atoms with Crippen molar-refractivity contribution in [1.82, 2.24) is 14.5 Å². The van der Waals surface area contributed by atoms with Gasteiger partial charge in [0, 0.05) is 43.5 Å². The van der Waals surface area contributed by atoms with Crippen LogP contribution in [0, 0.1) is 5.92 Å². The summed E-state index contributed by atoms with van der Waals surface area (Å²) >= 11 is 6.40. The maximum atomic E-state index is 13.5. The molecular weight excluding hydrogens is 502 g/mol. The molecule has 37 heavy (non-hydrogen) atoms. The lowest BCUT2D eigenvalue weighted by atomic mass is 9.81. The van der Waals surface area contributed by atoms with E-state index in [1.54, 1.807) is 10.8 Å². The van der Waals surface area contributed by atoms with E-state index in [1.807, 2.05) is 23.1 Å². The summed E-state index contributed by atoms with van der Waals surface area (Å²) in [4.78, 5) is 24.1. The first-order valence-corrected chi connectivity index (χ1v) is 12.8. The van der Waals surface area contributed by atoms with Gasteiger partial charge in [-0.2, -0.15) is 4.98 Å². The largest absolute Gasteiger partial charge is 0.486 e. The lowest BCUT2D eigenvalue weighted by Crippen LogP contribution is -2.39. The maximum Gasteiger partial charge on any atom is 0.295 e. The van der Waals surface area contributed by atoms with E-state index in [1.165, 1.54) is 6.20 Å². The number of anilines is 4. The molecule has 1 aliphatic carbocycles. The van der Waals surface area contributed by atoms with Crippen molar-refractivity contribution < 1.29 is 13.5 Å². The molecule has 8 nitrogen and oxygen atoms in total. The standard InChI is InChI=1S/C26H29ClF2N6O2/c1-3-9-34(4-2)25-31-14-19(27)23(33-25)32-17-6-7-20-18(11-17)21-22(37-10-5-8-30-21)24(36)35(20)15-16-12-26(28,29)13-16/h4,6-7,11,14,16,30H,2-3,5,8-10,12-13,15H2,1H3,(H,31,32,33). The number of nitrogens with zero attached hydrogens (tertiary/aromatic N) is 4. The molecule has 2 aliphatic rings. The van der Waals surface area contributed by atoms with Gasteiger partial charge in [0.05, 0.1) is 24.0 Å². The summed E-state index contributed by atoms with van der Waals surface area (Å²) in [6.45, 7) is 7.86. The molecule has 2 aromatic heterocycles. The Labute approximate surface area is 218 Å². The molecular formula is C26H29ClF2N6O2. The fourth-order valence-electron chi connectivity index (χ4n) is 4.87. The van der Waals surface area contributed by atoms with E-state index >= 15 is 0 Å². The van der Waals surface area contributed by atoms with Gasteiger partial charge >= 0.3 is 0 Å². The van der Waals surface area contributed by atoms with E-state index < -0.39 is 5.92 Å². The average Bonchev–Trinajstić information content (AvgIpc) is 3.12. The normalized spacial score (nSPS) is 16.6. The monoisotopic (exact) mass is 530 g/mol. The van der Waals surface area contributed by atoms with E-state index in [0.29, 0.717) is 53.4 Å². The van der Waals surface area contributed by atoms with Crippen molar-refractivity contribution in [2.24, 2.45) is 5.92 Å². The molecule has 2 N–H and O–H groups in total. The van der Waals surface area contributed by atoms with Crippen LogP contribution < -0.4 is 25.8 Å². The van der Waals surface area contributed by atoms with Gasteiger partial charge in [-0.15, -0.1) is 0 Å². The summed E-state index contributed by atoms with van der Waals surface area (Å²) in [6.07, 6.45) is 4.40. The molecule has 0 radical (unpaired) electrons. The topological polar surface area (TPSA) is 84.3 Å². The van der Waals surface area contributed by atoms with Gasteiger partial charge in [0.1, 0.15) is 5.02 Å². The van der Waals surface area contributed by atoms with E-state index in [0.717, 1.165) is 18.2 Å². The highest BCUT2D eigenvalue weighted by Crippen LogP contribution is 2.44. The number of benzene rings is 1. The number of pyridine rings is 1. The van der Waals surface area contributed by atoms with Crippen LogP contribution in [0.15, 0.2) is 42.0 Å². The number of alkyl halides is 2. The Kier molecular flexibility index (Phi) is 6.94. The molecule has 0 atom stereocenters. The Bertz CT molecular complexity index is 1390. The lowest BCUT2D eigenvalue weighted by molar-refractivity contribution is -0.114. The zero-order chi connectivity index (χ0) is 26.2. The lowest BCUT2D eigenvalue weighted by Gasteiger charge is -2.35. The van der Waals surface area contributed by atoms with Crippen LogP contribution >= 0.6 is 11.6 Å². The Morgan fingerprint density at radius 1 is 1.41 bits per heavy atom. The predicted octanol–water partition coefficient (Wildman–Crippen LogP) is 5.79. The molecule has 0 saturated heterocycles. The van der Waals surface area contributed by atoms with Crippen molar-refractivity contribution in [1.29, 1.82) is 0 Å². The van der Waals surface area contributed by atoms with Gasteiger partial charge in [0.2, 0.25) is 17.6 Å². The Balaban J connectivity index is 1.55. The number of nitrogens with one attached hydrogen (secondary N) is 2. The maximum absolute atomic E-state index is 13.5. The molecule has 1 aliphatic heterocycles. The average molecular weight is 531 g/mol. The molecule has 1 saturated carbocycles. The highest BCUT2D eigenvalue weighted by Gasteiger charge is 2.45. The molecule has 0 spiro atoms. The molecule has 196 valence electrons. The van der Waals surface area contributed by atoms with Crippen molar-refractivity contribution in [3.05, 3.63) is 52.6 Å². The van der Waals surface area contributed by atoms with Crippen LogP contribution in [0.5, 0.6) is 5.75 Å². The van der Waals surface area contributed by atoms with Crippen molar-refractivity contribution in [2.45, 2.75) is 45.1 Å². The quantitative estimate of drug-likeness (QED) is 0.381. The molecule has 3 aromatic rings. The van der Waals surface area contributed by atoms with E-state index in [-0.39, 0.29) is 36.6 Å². The molecule has 0 bridgehead atoms. The van der Waals surface area contributed by atoms with Gasteiger partial charge in [-0.1, -0.05) is 25.1 Å². The van der Waals surface area contributed by atoms with Crippen LogP contribution in [0.25, 0.3) is 10.9 Å². The van der Waals surface area contributed by atoms with Gasteiger partial charge in [-0.3, -0.25) is 4.79 Å². The first-order valence-electron chi connectivity index (χ1n) is 12.4. The SMILES string of the molecule is C=CN(CCC)c1ncc(Cl)c(Nc2ccc3c(c2)c2c(c(=O)n3CC3CC(F)(F)C3)OCCCN2)n1. The van der Waals surface area contributed by atoms with E-state index in [4.69, 9.17) is 16.3 Å². The second-order valence-electron chi connectivity index (χ2n) is 9.48. The van der Waals surface area contributed by atoms with E-state index in [9.17, 15) is 13.6 Å². The number of aromatic nitrogens is 3. The van der Waals surface area contributed by atoms with Gasteiger partial charge < -0.3 is 24.8 Å². The number of rotatable bonds is 8. The molecule has 5 rings (SSSR count). The summed E-state index contributed by atoms with van der Waals surface area (Å²) in [6, 6.07) is 5.51. The third-order valence-electron chi connectivity index (χ3n) is 6.64. The van der Waals surface area contributed by atoms with Gasteiger partial charge in [-0.25, -0.2) is 13.8 Å². The van der Waals surface area contributed by atoms with Crippen LogP contribution in [-0.2, 0) is 6.54 Å². The summed E-state index contributed by atoms with van der Waals surface area (Å²) in [5.41, 5.74) is 1.63. The Morgan fingerprint density at radius 2 is 2.22 bits per heavy atom. The summed E-state index contributed by atoms with van der Waals surface area (Å²) in [5, 5.41) is 7.67. The molecule has 1 aromatic carbocycles. The summed E-state index contributed by atoms with van der Waals surface area (Å²) < 4.78 is 34.4. The third kappa shape index (κ3) is 5.07. The van der Waals surface area contributed by atoms with Gasteiger partial charge in [0.25, 0.3) is 5.56 Å². The smallest absolute Gasteiger partial charge is 0.295 e. The molecule has 3 heterocycles. The van der Waals surface area contributed by atoms with Crippen molar-refractivity contribution in [3.63, 3.8) is 0 Å². The zero-order valence-corrected chi connectivity index (χ0v) is 21.3. The van der Waals surface area contributed by atoms with Crippen LogP contribution in [0.4, 0.5) is 31.9 Å². The number of hydrogen-bond acceptors (Lipinski definition) is 7. The van der Waals surface area contributed by atoms with Crippen molar-refractivity contribution in [3.8, 4) is 5.75 Å². The van der Waals surface area contributed by atoms with Crippen LogP contribution in [0.2, 0.25) is 5.02 Å². The minimum atomic E-state index is -2.65. The highest BCUT2D eigenvalue weighted by atomic mass is 35.5. The fourth-order valence-corrected chi connectivity index (χ4v) is 5.01. The van der Waals surface area contributed by atoms with Crippen LogP contribution in [-0.4, -0.2) is 40.2 Å². The first kappa shape index (κ1) is 25.3. The zero-order valence-electron chi connectivity index (χ0n) is 20.6. The minimum Gasteiger partial charge on any atom is -0.486 e. The van der Waals surface area contributed by atoms with Gasteiger partial charge in [0.15, 0.2) is 5.82 Å². The van der Waals surface area contributed by atoms with Gasteiger partial charge in [-0.05, 0) is 43.2 Å². The Morgan fingerprint density at radius 3 is 2.95 bits per heavy atom. The predicted molar refractivity (Wildman–Crippen MR) is 143 cm³/mol. The third-order valence-corrected chi connectivity index (χ3v) is 6.92. The Hall–Kier alpha value is -3.40. The van der Waals surface area contributed by atoms with Crippen LogP contribution in [0.3, 0.4) is 0 Å². The molecule has 0 amide bonds. The minimum absolute atomic E-state index is 0.213. The second-order valence-corrected chi connectivity index (χ2v) is 9.89. The highest BCUT2D eigenvalue weighted by molar-refractivity contribution is 6.32. The first-order chi connectivity index (χ1) is 17.8. The number of fused-ring (bicyclic) bond motifs is 3. The van der Waals surface area contributed by atoms with Crippen molar-refractivity contribution in [2.75, 3.05) is 35.2 Å². The summed E-state index contributed by atoms with van der Waals surface area (Å²) in [7, 11) is 0. The number of hydrogen-bond donors (Lipinski definition) is 2. The van der Waals surface area contributed by atoms with Crippen LogP contribution in [0.1, 0.15) is 32.6 Å². The summed E-state index contributed by atoms with van der Waals surface area (Å²) in [5.74, 6) is -1.80. The van der Waals surface area contributed by atoms with Crippen molar-refractivity contribution >= 4 is 45.6 Å². The molecule has 0 unspecified atom stereocenters.